The third-order valence-corrected chi connectivity index (χ3v) is 5.60. The van der Waals surface area contributed by atoms with Crippen LogP contribution < -0.4 is 20.1 Å². The summed E-state index contributed by atoms with van der Waals surface area (Å²) >= 11 is 0. The van der Waals surface area contributed by atoms with E-state index in [0.717, 1.165) is 48.5 Å². The standard InChI is InChI=1S/C24H34N6O2/c1-15(2)21-14-26-30-22(21)28-24(32-20-10-7-11-25-13-20)29-23(30)27-17(5)18-8-6-9-19(12-18)31-16(3)4/h6,8-9,12,14-17,20,25H,7,10-11,13H2,1-5H3,(H,27,28,29)/t17-,20+/m0/s1. The van der Waals surface area contributed by atoms with Gasteiger partial charge in [0.2, 0.25) is 5.95 Å². The minimum Gasteiger partial charge on any atom is -0.491 e. The fraction of sp³-hybridized carbons (Fsp3) is 0.542. The van der Waals surface area contributed by atoms with Crippen LogP contribution in [-0.2, 0) is 0 Å². The zero-order valence-electron chi connectivity index (χ0n) is 19.6. The minimum atomic E-state index is -0.0142. The van der Waals surface area contributed by atoms with Gasteiger partial charge in [-0.3, -0.25) is 0 Å². The molecule has 0 spiro atoms. The van der Waals surface area contributed by atoms with E-state index in [1.165, 1.54) is 0 Å². The van der Waals surface area contributed by atoms with Crippen molar-refractivity contribution in [3.8, 4) is 11.8 Å². The second-order valence-electron chi connectivity index (χ2n) is 9.01. The Balaban J connectivity index is 1.64. The molecule has 2 atom stereocenters. The van der Waals surface area contributed by atoms with Crippen LogP contribution in [0.15, 0.2) is 30.5 Å². The highest BCUT2D eigenvalue weighted by atomic mass is 16.5. The highest BCUT2D eigenvalue weighted by Gasteiger charge is 2.21. The second kappa shape index (κ2) is 9.73. The number of ether oxygens (including phenoxy) is 2. The molecule has 1 aromatic carbocycles. The Morgan fingerprint density at radius 1 is 1.16 bits per heavy atom. The minimum absolute atomic E-state index is 0.0142. The van der Waals surface area contributed by atoms with Crippen LogP contribution in [0.2, 0.25) is 0 Å². The monoisotopic (exact) mass is 438 g/mol. The molecule has 1 aliphatic rings. The lowest BCUT2D eigenvalue weighted by Crippen LogP contribution is -2.37. The van der Waals surface area contributed by atoms with Gasteiger partial charge in [0, 0.05) is 12.1 Å². The van der Waals surface area contributed by atoms with Crippen LogP contribution in [-0.4, -0.2) is 44.9 Å². The molecule has 0 amide bonds. The molecule has 0 bridgehead atoms. The van der Waals surface area contributed by atoms with Crippen LogP contribution >= 0.6 is 0 Å². The van der Waals surface area contributed by atoms with E-state index in [9.17, 15) is 0 Å². The number of hydrogen-bond donors (Lipinski definition) is 2. The van der Waals surface area contributed by atoms with Crippen molar-refractivity contribution in [2.45, 2.75) is 71.6 Å². The number of fused-ring (bicyclic) bond motifs is 1. The molecule has 1 fully saturated rings. The van der Waals surface area contributed by atoms with Crippen molar-refractivity contribution in [2.24, 2.45) is 0 Å². The van der Waals surface area contributed by atoms with Crippen LogP contribution in [0.25, 0.3) is 5.65 Å². The largest absolute Gasteiger partial charge is 0.491 e. The second-order valence-corrected chi connectivity index (χ2v) is 9.01. The van der Waals surface area contributed by atoms with Crippen molar-refractivity contribution in [1.82, 2.24) is 24.9 Å². The Labute approximate surface area is 189 Å². The predicted octanol–water partition coefficient (Wildman–Crippen LogP) is 4.34. The molecule has 0 saturated carbocycles. The summed E-state index contributed by atoms with van der Waals surface area (Å²) < 4.78 is 13.8. The molecule has 2 aromatic heterocycles. The summed E-state index contributed by atoms with van der Waals surface area (Å²) in [6.07, 6.45) is 4.16. The molecule has 32 heavy (non-hydrogen) atoms. The summed E-state index contributed by atoms with van der Waals surface area (Å²) in [4.78, 5) is 9.42. The number of nitrogens with zero attached hydrogens (tertiary/aromatic N) is 4. The van der Waals surface area contributed by atoms with E-state index >= 15 is 0 Å². The molecule has 8 nitrogen and oxygen atoms in total. The number of hydrogen-bond acceptors (Lipinski definition) is 7. The van der Waals surface area contributed by atoms with Gasteiger partial charge in [0.15, 0.2) is 5.65 Å². The lowest BCUT2D eigenvalue weighted by Gasteiger charge is -2.23. The maximum absolute atomic E-state index is 6.17. The van der Waals surface area contributed by atoms with Crippen LogP contribution in [0.4, 0.5) is 5.95 Å². The smallest absolute Gasteiger partial charge is 0.322 e. The normalized spacial score (nSPS) is 17.7. The molecule has 0 aliphatic carbocycles. The van der Waals surface area contributed by atoms with E-state index in [1.807, 2.05) is 32.2 Å². The van der Waals surface area contributed by atoms with Gasteiger partial charge in [-0.15, -0.1) is 0 Å². The van der Waals surface area contributed by atoms with E-state index < -0.39 is 0 Å². The van der Waals surface area contributed by atoms with Crippen molar-refractivity contribution in [3.63, 3.8) is 0 Å². The number of anilines is 1. The highest BCUT2D eigenvalue weighted by molar-refractivity contribution is 5.53. The molecule has 2 N–H and O–H groups in total. The van der Waals surface area contributed by atoms with Gasteiger partial charge >= 0.3 is 6.01 Å². The average Bonchev–Trinajstić information content (AvgIpc) is 3.19. The summed E-state index contributed by atoms with van der Waals surface area (Å²) in [7, 11) is 0. The first kappa shape index (κ1) is 22.3. The fourth-order valence-electron chi connectivity index (χ4n) is 3.90. The molecule has 3 aromatic rings. The quantitative estimate of drug-likeness (QED) is 0.541. The van der Waals surface area contributed by atoms with Crippen molar-refractivity contribution in [2.75, 3.05) is 18.4 Å². The van der Waals surface area contributed by atoms with Gasteiger partial charge in [-0.25, -0.2) is 0 Å². The zero-order valence-corrected chi connectivity index (χ0v) is 19.6. The lowest BCUT2D eigenvalue weighted by atomic mass is 10.1. The molecule has 4 rings (SSSR count). The van der Waals surface area contributed by atoms with Crippen molar-refractivity contribution in [1.29, 1.82) is 0 Å². The Morgan fingerprint density at radius 2 is 2.00 bits per heavy atom. The molecular weight excluding hydrogens is 404 g/mol. The molecule has 1 aliphatic heterocycles. The first-order valence-electron chi connectivity index (χ1n) is 11.6. The van der Waals surface area contributed by atoms with E-state index in [2.05, 4.69) is 48.6 Å². The van der Waals surface area contributed by atoms with Gasteiger partial charge in [0.25, 0.3) is 0 Å². The zero-order chi connectivity index (χ0) is 22.7. The number of nitrogens with one attached hydrogen (secondary N) is 2. The Bertz CT molecular complexity index is 1040. The SMILES string of the molecule is CC(C)Oc1cccc([C@H](C)Nc2nc(O[C@@H]3CCCNC3)nc3c(C(C)C)cnn23)c1. The highest BCUT2D eigenvalue weighted by Crippen LogP contribution is 2.27. The van der Waals surface area contributed by atoms with Crippen molar-refractivity contribution < 1.29 is 9.47 Å². The van der Waals surface area contributed by atoms with Crippen LogP contribution in [0.5, 0.6) is 11.8 Å². The summed E-state index contributed by atoms with van der Waals surface area (Å²) in [6, 6.07) is 8.50. The van der Waals surface area contributed by atoms with Crippen molar-refractivity contribution >= 4 is 11.6 Å². The first-order chi connectivity index (χ1) is 15.4. The summed E-state index contributed by atoms with van der Waals surface area (Å²) in [5.74, 6) is 1.76. The van der Waals surface area contributed by atoms with Gasteiger partial charge < -0.3 is 20.1 Å². The topological polar surface area (TPSA) is 85.6 Å². The van der Waals surface area contributed by atoms with Crippen LogP contribution in [0, 0.1) is 0 Å². The Hall–Kier alpha value is -2.87. The van der Waals surface area contributed by atoms with Crippen LogP contribution in [0.1, 0.15) is 70.5 Å². The summed E-state index contributed by atoms with van der Waals surface area (Å²) in [5, 5.41) is 11.5. The van der Waals surface area contributed by atoms with E-state index in [4.69, 9.17) is 19.4 Å². The van der Waals surface area contributed by atoms with Crippen molar-refractivity contribution in [3.05, 3.63) is 41.6 Å². The maximum atomic E-state index is 6.17. The predicted molar refractivity (Wildman–Crippen MR) is 126 cm³/mol. The van der Waals surface area contributed by atoms with E-state index in [-0.39, 0.29) is 18.2 Å². The summed E-state index contributed by atoms with van der Waals surface area (Å²) in [5.41, 5.74) is 2.95. The molecular formula is C24H34N6O2. The van der Waals surface area contributed by atoms with E-state index in [0.29, 0.717) is 17.9 Å². The number of benzene rings is 1. The molecule has 3 heterocycles. The Kier molecular flexibility index (Phi) is 6.79. The average molecular weight is 439 g/mol. The van der Waals surface area contributed by atoms with Gasteiger partial charge in [-0.2, -0.15) is 19.6 Å². The fourth-order valence-corrected chi connectivity index (χ4v) is 3.90. The van der Waals surface area contributed by atoms with Crippen LogP contribution in [0.3, 0.4) is 0 Å². The molecule has 8 heteroatoms. The number of piperidine rings is 1. The van der Waals surface area contributed by atoms with Gasteiger partial charge in [0.05, 0.1) is 18.3 Å². The van der Waals surface area contributed by atoms with Gasteiger partial charge in [-0.05, 0) is 63.8 Å². The molecule has 1 saturated heterocycles. The molecule has 0 unspecified atom stereocenters. The van der Waals surface area contributed by atoms with Gasteiger partial charge in [0.1, 0.15) is 11.9 Å². The summed E-state index contributed by atoms with van der Waals surface area (Å²) in [6.45, 7) is 12.3. The van der Waals surface area contributed by atoms with E-state index in [1.54, 1.807) is 4.52 Å². The third kappa shape index (κ3) is 5.12. The number of rotatable bonds is 8. The molecule has 172 valence electrons. The number of aromatic nitrogens is 4. The maximum Gasteiger partial charge on any atom is 0.322 e. The first-order valence-corrected chi connectivity index (χ1v) is 11.6. The van der Waals surface area contributed by atoms with Gasteiger partial charge in [-0.1, -0.05) is 26.0 Å². The third-order valence-electron chi connectivity index (χ3n) is 5.60. The lowest BCUT2D eigenvalue weighted by molar-refractivity contribution is 0.153. The molecule has 0 radical (unpaired) electrons. The Morgan fingerprint density at radius 3 is 2.72 bits per heavy atom.